The topological polar surface area (TPSA) is 46.2 Å². The van der Waals surface area contributed by atoms with Crippen LogP contribution >= 0.6 is 0 Å². The third kappa shape index (κ3) is 1.97. The molecule has 0 aliphatic carbocycles. The molecule has 1 unspecified atom stereocenters. The van der Waals surface area contributed by atoms with Crippen molar-refractivity contribution in [2.45, 2.75) is 23.8 Å². The van der Waals surface area contributed by atoms with Crippen molar-refractivity contribution in [3.8, 4) is 0 Å². The third-order valence-corrected chi connectivity index (χ3v) is 4.80. The molecule has 0 bridgehead atoms. The van der Waals surface area contributed by atoms with Crippen LogP contribution in [0.15, 0.2) is 23.1 Å². The second-order valence-electron chi connectivity index (χ2n) is 3.98. The third-order valence-electron chi connectivity index (χ3n) is 2.94. The van der Waals surface area contributed by atoms with Gasteiger partial charge in [-0.25, -0.2) is 12.8 Å². The van der Waals surface area contributed by atoms with E-state index >= 15 is 0 Å². The fourth-order valence-electron chi connectivity index (χ4n) is 2.12. The second-order valence-corrected chi connectivity index (χ2v) is 6.06. The van der Waals surface area contributed by atoms with Gasteiger partial charge in [-0.15, -0.1) is 0 Å². The van der Waals surface area contributed by atoms with Crippen LogP contribution in [0.4, 0.5) is 4.39 Å². The lowest BCUT2D eigenvalue weighted by atomic mass is 10.0. The highest BCUT2D eigenvalue weighted by Crippen LogP contribution is 2.31. The smallest absolute Gasteiger partial charge is 0.178 e. The van der Waals surface area contributed by atoms with Crippen LogP contribution in [0.1, 0.15) is 24.4 Å². The Morgan fingerprint density at radius 1 is 1.44 bits per heavy atom. The van der Waals surface area contributed by atoms with Crippen molar-refractivity contribution >= 4 is 9.84 Å². The van der Waals surface area contributed by atoms with E-state index in [4.69, 9.17) is 0 Å². The predicted molar refractivity (Wildman–Crippen MR) is 59.5 cm³/mol. The number of halogens is 1. The molecule has 0 saturated carbocycles. The van der Waals surface area contributed by atoms with Crippen LogP contribution in [0.2, 0.25) is 0 Å². The van der Waals surface area contributed by atoms with Gasteiger partial charge in [-0.05, 0) is 43.7 Å². The van der Waals surface area contributed by atoms with Gasteiger partial charge in [0.25, 0.3) is 0 Å². The van der Waals surface area contributed by atoms with Gasteiger partial charge in [0.05, 0.1) is 10.6 Å². The van der Waals surface area contributed by atoms with E-state index in [2.05, 4.69) is 5.32 Å². The van der Waals surface area contributed by atoms with Crippen molar-refractivity contribution in [3.63, 3.8) is 0 Å². The summed E-state index contributed by atoms with van der Waals surface area (Å²) in [6.45, 7) is 0. The van der Waals surface area contributed by atoms with E-state index in [0.29, 0.717) is 18.4 Å². The van der Waals surface area contributed by atoms with Gasteiger partial charge in [0, 0.05) is 6.04 Å². The minimum Gasteiger partial charge on any atom is -0.313 e. The van der Waals surface area contributed by atoms with Crippen LogP contribution < -0.4 is 5.32 Å². The molecule has 2 rings (SSSR count). The largest absolute Gasteiger partial charge is 0.313 e. The standard InChI is InChI=1S/C11H14FNO2S/c1-13-10-3-2-6-16(14,15)11-5-4-8(12)7-9(10)11/h4-5,7,10,13H,2-3,6H2,1H3. The molecule has 0 spiro atoms. The number of hydrogen-bond acceptors (Lipinski definition) is 3. The molecular formula is C11H14FNO2S. The zero-order valence-corrected chi connectivity index (χ0v) is 9.85. The van der Waals surface area contributed by atoms with Gasteiger partial charge in [-0.3, -0.25) is 0 Å². The normalized spacial score (nSPS) is 23.5. The second kappa shape index (κ2) is 4.14. The molecule has 5 heteroatoms. The van der Waals surface area contributed by atoms with Gasteiger partial charge < -0.3 is 5.32 Å². The summed E-state index contributed by atoms with van der Waals surface area (Å²) in [5, 5.41) is 3.03. The summed E-state index contributed by atoms with van der Waals surface area (Å²) in [7, 11) is -1.48. The number of hydrogen-bond donors (Lipinski definition) is 1. The van der Waals surface area contributed by atoms with E-state index in [1.807, 2.05) is 0 Å². The summed E-state index contributed by atoms with van der Waals surface area (Å²) in [5.41, 5.74) is 0.556. The maximum Gasteiger partial charge on any atom is 0.178 e. The number of fused-ring (bicyclic) bond motifs is 1. The first-order valence-electron chi connectivity index (χ1n) is 5.24. The summed E-state index contributed by atoms with van der Waals surface area (Å²) < 4.78 is 37.0. The molecule has 0 aromatic heterocycles. The highest BCUT2D eigenvalue weighted by atomic mass is 32.2. The fourth-order valence-corrected chi connectivity index (χ4v) is 3.72. The van der Waals surface area contributed by atoms with E-state index in [1.54, 1.807) is 7.05 Å². The van der Waals surface area contributed by atoms with Crippen LogP contribution in [0, 0.1) is 5.82 Å². The van der Waals surface area contributed by atoms with Crippen molar-refractivity contribution in [2.24, 2.45) is 0 Å². The van der Waals surface area contributed by atoms with Gasteiger partial charge in [0.15, 0.2) is 9.84 Å². The van der Waals surface area contributed by atoms with E-state index < -0.39 is 15.7 Å². The van der Waals surface area contributed by atoms with Gasteiger partial charge in [-0.1, -0.05) is 0 Å². The molecule has 1 heterocycles. The minimum atomic E-state index is -3.24. The lowest BCUT2D eigenvalue weighted by Crippen LogP contribution is -2.17. The Morgan fingerprint density at radius 3 is 2.88 bits per heavy atom. The first kappa shape index (κ1) is 11.5. The summed E-state index contributed by atoms with van der Waals surface area (Å²) in [5.74, 6) is -0.250. The Morgan fingerprint density at radius 2 is 2.19 bits per heavy atom. The highest BCUT2D eigenvalue weighted by Gasteiger charge is 2.27. The average molecular weight is 243 g/mol. The molecule has 1 aromatic rings. The summed E-state index contributed by atoms with van der Waals surface area (Å²) in [4.78, 5) is 0.269. The van der Waals surface area contributed by atoms with Crippen molar-refractivity contribution in [1.82, 2.24) is 5.32 Å². The van der Waals surface area contributed by atoms with Gasteiger partial charge in [0.1, 0.15) is 5.82 Å². The first-order chi connectivity index (χ1) is 7.54. The van der Waals surface area contributed by atoms with E-state index in [1.165, 1.54) is 18.2 Å². The van der Waals surface area contributed by atoms with Crippen molar-refractivity contribution in [3.05, 3.63) is 29.6 Å². The number of benzene rings is 1. The van der Waals surface area contributed by atoms with Crippen LogP contribution in [0.3, 0.4) is 0 Å². The van der Waals surface area contributed by atoms with Crippen LogP contribution in [0.5, 0.6) is 0 Å². The predicted octanol–water partition coefficient (Wildman–Crippen LogP) is 1.65. The molecule has 1 aliphatic heterocycles. The van der Waals surface area contributed by atoms with Gasteiger partial charge >= 0.3 is 0 Å². The molecule has 88 valence electrons. The Labute approximate surface area is 94.6 Å². The first-order valence-corrected chi connectivity index (χ1v) is 6.89. The zero-order valence-electron chi connectivity index (χ0n) is 9.03. The highest BCUT2D eigenvalue weighted by molar-refractivity contribution is 7.91. The van der Waals surface area contributed by atoms with E-state index in [9.17, 15) is 12.8 Å². The summed E-state index contributed by atoms with van der Waals surface area (Å²) in [6, 6.07) is 3.81. The van der Waals surface area contributed by atoms with E-state index in [-0.39, 0.29) is 16.7 Å². The number of rotatable bonds is 1. The van der Waals surface area contributed by atoms with Crippen LogP contribution in [0.25, 0.3) is 0 Å². The van der Waals surface area contributed by atoms with Crippen molar-refractivity contribution in [1.29, 1.82) is 0 Å². The molecule has 0 saturated heterocycles. The molecule has 16 heavy (non-hydrogen) atoms. The average Bonchev–Trinajstić information content (AvgIpc) is 2.35. The molecule has 1 atom stereocenters. The van der Waals surface area contributed by atoms with Gasteiger partial charge in [0.2, 0.25) is 0 Å². The monoisotopic (exact) mass is 243 g/mol. The SMILES string of the molecule is CNC1CCCS(=O)(=O)c2ccc(F)cc21. The maximum absolute atomic E-state index is 13.2. The Bertz CT molecular complexity index is 499. The number of nitrogens with one attached hydrogen (secondary N) is 1. The van der Waals surface area contributed by atoms with Crippen LogP contribution in [-0.2, 0) is 9.84 Å². The molecule has 3 nitrogen and oxygen atoms in total. The van der Waals surface area contributed by atoms with E-state index in [0.717, 1.165) is 0 Å². The number of sulfone groups is 1. The lowest BCUT2D eigenvalue weighted by molar-refractivity contribution is 0.534. The minimum absolute atomic E-state index is 0.0806. The molecule has 0 fully saturated rings. The quantitative estimate of drug-likeness (QED) is 0.763. The van der Waals surface area contributed by atoms with Crippen molar-refractivity contribution in [2.75, 3.05) is 12.8 Å². The van der Waals surface area contributed by atoms with Gasteiger partial charge in [-0.2, -0.15) is 0 Å². The molecule has 1 aliphatic rings. The maximum atomic E-state index is 13.2. The Hall–Kier alpha value is -0.940. The lowest BCUT2D eigenvalue weighted by Gasteiger charge is -2.15. The molecule has 0 amide bonds. The Kier molecular flexibility index (Phi) is 2.99. The molecule has 0 radical (unpaired) electrons. The molecule has 1 N–H and O–H groups in total. The Balaban J connectivity index is 2.64. The summed E-state index contributed by atoms with van der Waals surface area (Å²) >= 11 is 0. The van der Waals surface area contributed by atoms with Crippen LogP contribution in [-0.4, -0.2) is 21.2 Å². The van der Waals surface area contributed by atoms with Crippen molar-refractivity contribution < 1.29 is 12.8 Å². The zero-order chi connectivity index (χ0) is 11.8. The molecular weight excluding hydrogens is 229 g/mol. The summed E-state index contributed by atoms with van der Waals surface area (Å²) in [6.07, 6.45) is 1.32. The molecule has 1 aromatic carbocycles. The fraction of sp³-hybridized carbons (Fsp3) is 0.455.